The summed E-state index contributed by atoms with van der Waals surface area (Å²) in [5.41, 5.74) is 2.77. The van der Waals surface area contributed by atoms with Crippen LogP contribution in [0.2, 0.25) is 0 Å². The van der Waals surface area contributed by atoms with Crippen LogP contribution in [-0.4, -0.2) is 6.61 Å². The molecule has 0 saturated heterocycles. The maximum Gasteiger partial charge on any atom is 0.119 e. The average molecular weight is 467 g/mol. The van der Waals surface area contributed by atoms with Crippen LogP contribution in [0.3, 0.4) is 0 Å². The van der Waals surface area contributed by atoms with Crippen LogP contribution < -0.4 is 4.74 Å². The lowest BCUT2D eigenvalue weighted by Crippen LogP contribution is -2.44. The highest BCUT2D eigenvalue weighted by Gasteiger charge is 2.48. The van der Waals surface area contributed by atoms with Crippen molar-refractivity contribution in [2.45, 2.75) is 148 Å². The zero-order valence-electron chi connectivity index (χ0n) is 22.7. The molecule has 0 unspecified atom stereocenters. The number of hydrogen-bond donors (Lipinski definition) is 0. The van der Waals surface area contributed by atoms with Crippen molar-refractivity contribution in [3.8, 4) is 5.75 Å². The van der Waals surface area contributed by atoms with E-state index in [9.17, 15) is 0 Å². The van der Waals surface area contributed by atoms with E-state index in [1.807, 2.05) is 0 Å². The Hall–Kier alpha value is -0.980. The van der Waals surface area contributed by atoms with Gasteiger partial charge in [0.15, 0.2) is 0 Å². The van der Waals surface area contributed by atoms with Gasteiger partial charge in [-0.2, -0.15) is 0 Å². The highest BCUT2D eigenvalue weighted by Crippen LogP contribution is 2.59. The summed E-state index contributed by atoms with van der Waals surface area (Å²) in [6.07, 6.45) is 28.6. The van der Waals surface area contributed by atoms with E-state index >= 15 is 0 Å². The minimum absolute atomic E-state index is 0.473. The third kappa shape index (κ3) is 6.82. The number of benzene rings is 1. The zero-order chi connectivity index (χ0) is 23.7. The molecule has 1 heteroatoms. The Bertz CT molecular complexity index is 671. The summed E-state index contributed by atoms with van der Waals surface area (Å²) in [4.78, 5) is 0. The van der Waals surface area contributed by atoms with Crippen LogP contribution in [-0.2, 0) is 5.41 Å². The highest BCUT2D eigenvalue weighted by molar-refractivity contribution is 5.34. The third-order valence-corrected chi connectivity index (χ3v) is 10.4. The van der Waals surface area contributed by atoms with Crippen LogP contribution in [0.5, 0.6) is 5.75 Å². The summed E-state index contributed by atoms with van der Waals surface area (Å²) in [5, 5.41) is 0. The number of unbranched alkanes of at least 4 members (excludes halogenated alkanes) is 4. The van der Waals surface area contributed by atoms with Crippen molar-refractivity contribution in [1.82, 2.24) is 0 Å². The molecule has 0 atom stereocenters. The van der Waals surface area contributed by atoms with Gasteiger partial charge in [0.05, 0.1) is 6.61 Å². The summed E-state index contributed by atoms with van der Waals surface area (Å²) >= 11 is 0. The molecular weight excluding hydrogens is 412 g/mol. The maximum atomic E-state index is 6.17. The van der Waals surface area contributed by atoms with Crippen molar-refractivity contribution in [3.05, 3.63) is 29.8 Å². The van der Waals surface area contributed by atoms with Gasteiger partial charge in [0, 0.05) is 0 Å². The molecule has 4 aliphatic rings. The smallest absolute Gasteiger partial charge is 0.119 e. The van der Waals surface area contributed by atoms with E-state index in [1.54, 1.807) is 5.56 Å². The van der Waals surface area contributed by atoms with Gasteiger partial charge in [-0.1, -0.05) is 96.6 Å². The second-order valence-electron chi connectivity index (χ2n) is 12.6. The number of ether oxygens (including phenoxy) is 1. The fourth-order valence-corrected chi connectivity index (χ4v) is 7.78. The van der Waals surface area contributed by atoms with Crippen molar-refractivity contribution in [3.63, 3.8) is 0 Å². The Labute approximate surface area is 211 Å². The normalized spacial score (nSPS) is 31.0. The first kappa shape index (κ1) is 26.1. The lowest BCUT2D eigenvalue weighted by atomic mass is 9.51. The second-order valence-corrected chi connectivity index (χ2v) is 12.6. The molecule has 0 amide bonds. The van der Waals surface area contributed by atoms with E-state index in [0.29, 0.717) is 10.8 Å². The van der Waals surface area contributed by atoms with E-state index in [-0.39, 0.29) is 0 Å². The summed E-state index contributed by atoms with van der Waals surface area (Å²) in [6.45, 7) is 5.54. The standard InChI is InChI=1S/C33H54O/c1-3-5-7-10-28-12-14-29(15-13-28)11-9-27-34-31-18-16-30(17-19-31)33-24-21-32(22-25-33,23-26-33)20-8-6-4-2/h16-19,28-29H,3-15,20-27H2,1-2H3/t28-,29-,32?,33?. The van der Waals surface area contributed by atoms with E-state index in [1.165, 1.54) is 128 Å². The van der Waals surface area contributed by atoms with Gasteiger partial charge in [0.2, 0.25) is 0 Å². The lowest BCUT2D eigenvalue weighted by molar-refractivity contribution is 0.0305. The Morgan fingerprint density at radius 3 is 1.82 bits per heavy atom. The summed E-state index contributed by atoms with van der Waals surface area (Å²) < 4.78 is 6.17. The minimum Gasteiger partial charge on any atom is -0.494 e. The first-order chi connectivity index (χ1) is 16.7. The predicted octanol–water partition coefficient (Wildman–Crippen LogP) is 10.4. The van der Waals surface area contributed by atoms with Crippen LogP contribution in [0.15, 0.2) is 24.3 Å². The van der Waals surface area contributed by atoms with E-state index in [4.69, 9.17) is 4.74 Å². The van der Waals surface area contributed by atoms with Crippen molar-refractivity contribution in [2.75, 3.05) is 6.61 Å². The van der Waals surface area contributed by atoms with Crippen LogP contribution in [0, 0.1) is 17.3 Å². The van der Waals surface area contributed by atoms with Crippen LogP contribution in [0.1, 0.15) is 148 Å². The molecule has 0 N–H and O–H groups in total. The van der Waals surface area contributed by atoms with Gasteiger partial charge in [-0.05, 0) is 98.1 Å². The van der Waals surface area contributed by atoms with Crippen molar-refractivity contribution in [1.29, 1.82) is 0 Å². The first-order valence-electron chi connectivity index (χ1n) is 15.4. The molecule has 0 aromatic heterocycles. The molecule has 0 aliphatic heterocycles. The molecule has 1 nitrogen and oxygen atoms in total. The van der Waals surface area contributed by atoms with E-state index in [2.05, 4.69) is 38.1 Å². The molecule has 4 saturated carbocycles. The van der Waals surface area contributed by atoms with Gasteiger partial charge >= 0.3 is 0 Å². The van der Waals surface area contributed by atoms with E-state index in [0.717, 1.165) is 24.2 Å². The maximum absolute atomic E-state index is 6.17. The quantitative estimate of drug-likeness (QED) is 0.248. The fourth-order valence-electron chi connectivity index (χ4n) is 7.78. The molecule has 1 aromatic rings. The van der Waals surface area contributed by atoms with Gasteiger partial charge < -0.3 is 4.74 Å². The fraction of sp³-hybridized carbons (Fsp3) is 0.818. The van der Waals surface area contributed by atoms with Gasteiger partial charge in [0.25, 0.3) is 0 Å². The van der Waals surface area contributed by atoms with Crippen LogP contribution in [0.4, 0.5) is 0 Å². The van der Waals surface area contributed by atoms with E-state index < -0.39 is 0 Å². The third-order valence-electron chi connectivity index (χ3n) is 10.4. The van der Waals surface area contributed by atoms with Crippen molar-refractivity contribution < 1.29 is 4.74 Å². The second kappa shape index (κ2) is 12.8. The number of fused-ring (bicyclic) bond motifs is 3. The molecule has 192 valence electrons. The molecule has 0 heterocycles. The molecule has 4 fully saturated rings. The van der Waals surface area contributed by atoms with Gasteiger partial charge in [-0.15, -0.1) is 0 Å². The average Bonchev–Trinajstić information content (AvgIpc) is 2.89. The van der Waals surface area contributed by atoms with Crippen molar-refractivity contribution >= 4 is 0 Å². The highest BCUT2D eigenvalue weighted by atomic mass is 16.5. The molecule has 34 heavy (non-hydrogen) atoms. The molecule has 1 aromatic carbocycles. The molecule has 0 radical (unpaired) electrons. The molecule has 2 bridgehead atoms. The molecule has 0 spiro atoms. The lowest BCUT2D eigenvalue weighted by Gasteiger charge is -2.54. The van der Waals surface area contributed by atoms with Crippen LogP contribution in [0.25, 0.3) is 0 Å². The van der Waals surface area contributed by atoms with Gasteiger partial charge in [-0.25, -0.2) is 0 Å². The number of rotatable bonds is 14. The zero-order valence-corrected chi connectivity index (χ0v) is 22.7. The van der Waals surface area contributed by atoms with Crippen molar-refractivity contribution in [2.24, 2.45) is 17.3 Å². The summed E-state index contributed by atoms with van der Waals surface area (Å²) in [7, 11) is 0. The molecule has 5 rings (SSSR count). The molecular formula is C33H54O. The summed E-state index contributed by atoms with van der Waals surface area (Å²) in [5.74, 6) is 3.07. The number of hydrogen-bond acceptors (Lipinski definition) is 1. The monoisotopic (exact) mass is 466 g/mol. The van der Waals surface area contributed by atoms with Gasteiger partial charge in [-0.3, -0.25) is 0 Å². The Morgan fingerprint density at radius 1 is 0.676 bits per heavy atom. The minimum atomic E-state index is 0.473. The Morgan fingerprint density at radius 2 is 1.24 bits per heavy atom. The summed E-state index contributed by atoms with van der Waals surface area (Å²) in [6, 6.07) is 9.35. The predicted molar refractivity (Wildman–Crippen MR) is 147 cm³/mol. The Kier molecular flexibility index (Phi) is 9.84. The van der Waals surface area contributed by atoms with Crippen LogP contribution >= 0.6 is 0 Å². The van der Waals surface area contributed by atoms with Gasteiger partial charge in [0.1, 0.15) is 5.75 Å². The Balaban J connectivity index is 1.14. The SMILES string of the molecule is CCCCCC12CCC(c3ccc(OCCC[C@H]4CC[C@H](CCCCC)CC4)cc3)(CC1)CC2. The first-order valence-corrected chi connectivity index (χ1v) is 15.4. The topological polar surface area (TPSA) is 9.23 Å². The largest absolute Gasteiger partial charge is 0.494 e. The molecule has 4 aliphatic carbocycles.